The first-order valence-electron chi connectivity index (χ1n) is 7.21. The quantitative estimate of drug-likeness (QED) is 0.854. The molecule has 1 heterocycles. The minimum atomic E-state index is -0.888. The fourth-order valence-electron chi connectivity index (χ4n) is 3.63. The first kappa shape index (κ1) is 13.5. The highest BCUT2D eigenvalue weighted by Crippen LogP contribution is 2.48. The molecule has 2 aromatic rings. The molecule has 1 saturated carbocycles. The number of nitrogens with zero attached hydrogens (tertiary/aromatic N) is 1. The zero-order chi connectivity index (χ0) is 15.3. The Hall–Kier alpha value is -2.21. The van der Waals surface area contributed by atoms with E-state index in [1.807, 2.05) is 36.4 Å². The van der Waals surface area contributed by atoms with Gasteiger partial charge in [0.05, 0.1) is 22.1 Å². The molecule has 2 N–H and O–H groups in total. The van der Waals surface area contributed by atoms with Crippen molar-refractivity contribution < 1.29 is 14.7 Å². The lowest BCUT2D eigenvalue weighted by Gasteiger charge is -2.23. The largest absolute Gasteiger partial charge is 0.481 e. The number of fused-ring (bicyclic) bond motifs is 3. The molecule has 4 atom stereocenters. The molecule has 5 nitrogen and oxygen atoms in total. The molecule has 4 rings (SSSR count). The van der Waals surface area contributed by atoms with Crippen LogP contribution in [0.4, 0.5) is 5.13 Å². The van der Waals surface area contributed by atoms with Crippen LogP contribution in [0.1, 0.15) is 6.42 Å². The molecule has 2 aliphatic rings. The van der Waals surface area contributed by atoms with E-state index in [1.54, 1.807) is 0 Å². The zero-order valence-electron chi connectivity index (χ0n) is 11.6. The number of aromatic nitrogens is 1. The summed E-state index contributed by atoms with van der Waals surface area (Å²) in [4.78, 5) is 28.4. The number of aliphatic carboxylic acids is 1. The minimum absolute atomic E-state index is 0.0198. The van der Waals surface area contributed by atoms with Gasteiger partial charge in [0.15, 0.2) is 5.13 Å². The van der Waals surface area contributed by atoms with Crippen molar-refractivity contribution in [3.63, 3.8) is 0 Å². The second-order valence-corrected chi connectivity index (χ2v) is 6.84. The number of allylic oxidation sites excluding steroid dienone is 2. The van der Waals surface area contributed by atoms with E-state index in [0.717, 1.165) is 16.6 Å². The summed E-state index contributed by atoms with van der Waals surface area (Å²) >= 11 is 1.41. The van der Waals surface area contributed by atoms with Crippen LogP contribution in [0, 0.1) is 23.7 Å². The van der Waals surface area contributed by atoms with Crippen LogP contribution in [-0.2, 0) is 9.59 Å². The number of carboxylic acids is 1. The fraction of sp³-hybridized carbons (Fsp3) is 0.312. The zero-order valence-corrected chi connectivity index (χ0v) is 12.4. The van der Waals surface area contributed by atoms with Gasteiger partial charge in [-0.2, -0.15) is 0 Å². The van der Waals surface area contributed by atoms with Gasteiger partial charge in [0.25, 0.3) is 0 Å². The van der Waals surface area contributed by atoms with Crippen LogP contribution in [-0.4, -0.2) is 22.0 Å². The number of carbonyl (C=O) groups is 2. The third-order valence-electron chi connectivity index (χ3n) is 4.57. The molecule has 0 aliphatic heterocycles. The molecule has 1 aromatic carbocycles. The van der Waals surface area contributed by atoms with Gasteiger partial charge in [0.1, 0.15) is 0 Å². The number of rotatable bonds is 3. The van der Waals surface area contributed by atoms with Crippen LogP contribution in [0.5, 0.6) is 0 Å². The van der Waals surface area contributed by atoms with Crippen LogP contribution in [0.3, 0.4) is 0 Å². The Morgan fingerprint density at radius 3 is 2.64 bits per heavy atom. The number of thiazole rings is 1. The van der Waals surface area contributed by atoms with Crippen molar-refractivity contribution in [1.82, 2.24) is 4.98 Å². The first-order chi connectivity index (χ1) is 10.6. The standard InChI is InChI=1S/C16H14N2O3S/c19-14(12-8-5-6-9(7-8)13(12)15(20)21)18-16-17-10-3-1-2-4-11(10)22-16/h1-6,8-9,12-13H,7H2,(H,20,21)(H,17,18,19)/t8-,9+,12-,13-/m0/s1. The predicted octanol–water partition coefficient (Wildman–Crippen LogP) is 2.76. The fourth-order valence-corrected chi connectivity index (χ4v) is 4.50. The van der Waals surface area contributed by atoms with Crippen LogP contribution in [0.15, 0.2) is 36.4 Å². The molecule has 0 saturated heterocycles. The third-order valence-corrected chi connectivity index (χ3v) is 5.52. The van der Waals surface area contributed by atoms with Gasteiger partial charge in [-0.25, -0.2) is 4.98 Å². The average Bonchev–Trinajstić information content (AvgIpc) is 3.19. The Kier molecular flexibility index (Phi) is 3.00. The molecule has 1 amide bonds. The van der Waals surface area contributed by atoms with E-state index >= 15 is 0 Å². The smallest absolute Gasteiger partial charge is 0.307 e. The van der Waals surface area contributed by atoms with Crippen molar-refractivity contribution in [3.8, 4) is 0 Å². The van der Waals surface area contributed by atoms with Gasteiger partial charge in [-0.1, -0.05) is 35.6 Å². The Morgan fingerprint density at radius 2 is 1.91 bits per heavy atom. The lowest BCUT2D eigenvalue weighted by atomic mass is 9.82. The summed E-state index contributed by atoms with van der Waals surface area (Å²) in [7, 11) is 0. The van der Waals surface area contributed by atoms with Gasteiger partial charge in [-0.05, 0) is 30.4 Å². The lowest BCUT2D eigenvalue weighted by Crippen LogP contribution is -2.36. The number of hydrogen-bond donors (Lipinski definition) is 2. The van der Waals surface area contributed by atoms with E-state index < -0.39 is 17.8 Å². The average molecular weight is 314 g/mol. The van der Waals surface area contributed by atoms with Crippen LogP contribution in [0.25, 0.3) is 10.2 Å². The molecule has 0 radical (unpaired) electrons. The normalized spacial score (nSPS) is 29.1. The van der Waals surface area contributed by atoms with Crippen molar-refractivity contribution >= 4 is 38.6 Å². The van der Waals surface area contributed by atoms with Crippen LogP contribution < -0.4 is 5.32 Å². The van der Waals surface area contributed by atoms with E-state index in [-0.39, 0.29) is 17.7 Å². The number of amides is 1. The molecule has 0 spiro atoms. The summed E-state index contributed by atoms with van der Waals surface area (Å²) in [6.07, 6.45) is 4.67. The van der Waals surface area contributed by atoms with E-state index in [2.05, 4.69) is 10.3 Å². The van der Waals surface area contributed by atoms with Gasteiger partial charge >= 0.3 is 5.97 Å². The molecular formula is C16H14N2O3S. The van der Waals surface area contributed by atoms with Crippen molar-refractivity contribution in [2.75, 3.05) is 5.32 Å². The molecule has 1 aromatic heterocycles. The van der Waals surface area contributed by atoms with Gasteiger partial charge in [0.2, 0.25) is 5.91 Å². The first-order valence-corrected chi connectivity index (χ1v) is 8.03. The van der Waals surface area contributed by atoms with E-state index in [1.165, 1.54) is 11.3 Å². The topological polar surface area (TPSA) is 79.3 Å². The Labute approximate surface area is 130 Å². The summed E-state index contributed by atoms with van der Waals surface area (Å²) < 4.78 is 1.00. The molecule has 112 valence electrons. The highest BCUT2D eigenvalue weighted by atomic mass is 32.1. The summed E-state index contributed by atoms with van der Waals surface area (Å²) in [5, 5.41) is 12.8. The van der Waals surface area contributed by atoms with Crippen molar-refractivity contribution in [2.24, 2.45) is 23.7 Å². The number of nitrogens with one attached hydrogen (secondary N) is 1. The van der Waals surface area contributed by atoms with Gasteiger partial charge in [0, 0.05) is 0 Å². The second-order valence-electron chi connectivity index (χ2n) is 5.81. The summed E-state index contributed by atoms with van der Waals surface area (Å²) in [5.74, 6) is -2.23. The molecule has 22 heavy (non-hydrogen) atoms. The van der Waals surface area contributed by atoms with Gasteiger partial charge in [-0.3, -0.25) is 9.59 Å². The molecular weight excluding hydrogens is 300 g/mol. The van der Waals surface area contributed by atoms with Crippen molar-refractivity contribution in [1.29, 1.82) is 0 Å². The van der Waals surface area contributed by atoms with Gasteiger partial charge < -0.3 is 10.4 Å². The molecule has 6 heteroatoms. The minimum Gasteiger partial charge on any atom is -0.481 e. The number of carbonyl (C=O) groups excluding carboxylic acids is 1. The monoisotopic (exact) mass is 314 g/mol. The SMILES string of the molecule is O=C(O)[C@@H]1[C@@H](C(=O)Nc2nc3ccccc3s2)[C@H]2C=C[C@@H]1C2. The second kappa shape index (κ2) is 4.91. The Balaban J connectivity index is 1.59. The molecule has 2 bridgehead atoms. The highest BCUT2D eigenvalue weighted by Gasteiger charge is 2.51. The molecule has 2 aliphatic carbocycles. The number of carboxylic acid groups (broad SMARTS) is 1. The molecule has 1 fully saturated rings. The highest BCUT2D eigenvalue weighted by molar-refractivity contribution is 7.22. The summed E-state index contributed by atoms with van der Waals surface area (Å²) in [6.45, 7) is 0. The number of hydrogen-bond acceptors (Lipinski definition) is 4. The maximum absolute atomic E-state index is 12.6. The number of anilines is 1. The summed E-state index contributed by atoms with van der Waals surface area (Å²) in [5.41, 5.74) is 0.838. The van der Waals surface area contributed by atoms with Crippen LogP contribution in [0.2, 0.25) is 0 Å². The lowest BCUT2D eigenvalue weighted by molar-refractivity contribution is -0.146. The van der Waals surface area contributed by atoms with Crippen LogP contribution >= 0.6 is 11.3 Å². The third kappa shape index (κ3) is 2.02. The van der Waals surface area contributed by atoms with Crippen molar-refractivity contribution in [3.05, 3.63) is 36.4 Å². The maximum atomic E-state index is 12.6. The van der Waals surface area contributed by atoms with E-state index in [4.69, 9.17) is 0 Å². The number of para-hydroxylation sites is 1. The Morgan fingerprint density at radius 1 is 1.18 bits per heavy atom. The molecule has 0 unspecified atom stereocenters. The van der Waals surface area contributed by atoms with Gasteiger partial charge in [-0.15, -0.1) is 0 Å². The van der Waals surface area contributed by atoms with E-state index in [9.17, 15) is 14.7 Å². The predicted molar refractivity (Wildman–Crippen MR) is 83.6 cm³/mol. The number of benzene rings is 1. The maximum Gasteiger partial charge on any atom is 0.307 e. The van der Waals surface area contributed by atoms with Crippen molar-refractivity contribution in [2.45, 2.75) is 6.42 Å². The summed E-state index contributed by atoms with van der Waals surface area (Å²) in [6, 6.07) is 7.66. The Bertz CT molecular complexity index is 765. The van der Waals surface area contributed by atoms with E-state index in [0.29, 0.717) is 5.13 Å².